The van der Waals surface area contributed by atoms with Gasteiger partial charge in [0.15, 0.2) is 6.10 Å². The standard InChI is InChI=1S/C24H21ClFN3O3S/c25-16-5-3-15(4-6-16)22(30)24(32)29-13-18-10-19(29)12-28(18)23(31)20-11-27-21(33-20)9-14-1-7-17(26)8-2-14/h1-8,11,18-19,22,30H,9-10,12-13H2/t18-,19-,22?/m0/s1. The number of hydrogen-bond donors (Lipinski definition) is 1. The number of benzene rings is 2. The number of carbonyl (C=O) groups excluding carboxylic acids is 2. The molecule has 3 aromatic rings. The van der Waals surface area contributed by atoms with Crippen LogP contribution in [0.25, 0.3) is 0 Å². The van der Waals surface area contributed by atoms with Crippen molar-refractivity contribution in [1.29, 1.82) is 0 Å². The SMILES string of the molecule is O=C(c1cnc(Cc2ccc(F)cc2)s1)N1C[C@@H]2C[C@H]1CN2C(=O)C(O)c1ccc(Cl)cc1. The van der Waals surface area contributed by atoms with Gasteiger partial charge in [-0.15, -0.1) is 11.3 Å². The summed E-state index contributed by atoms with van der Waals surface area (Å²) in [6.45, 7) is 0.842. The molecule has 0 aliphatic carbocycles. The number of nitrogens with zero attached hydrogens (tertiary/aromatic N) is 3. The van der Waals surface area contributed by atoms with Gasteiger partial charge in [0.25, 0.3) is 11.8 Å². The van der Waals surface area contributed by atoms with Crippen LogP contribution >= 0.6 is 22.9 Å². The van der Waals surface area contributed by atoms with Crippen molar-refractivity contribution in [3.63, 3.8) is 0 Å². The highest BCUT2D eigenvalue weighted by atomic mass is 35.5. The number of likely N-dealkylation sites (tertiary alicyclic amines) is 2. The molecule has 2 amide bonds. The fraction of sp³-hybridized carbons (Fsp3) is 0.292. The molecule has 1 unspecified atom stereocenters. The Labute approximate surface area is 199 Å². The normalized spacial score (nSPS) is 20.3. The van der Waals surface area contributed by atoms with Crippen LogP contribution < -0.4 is 0 Å². The molecule has 0 radical (unpaired) electrons. The quantitative estimate of drug-likeness (QED) is 0.598. The fourth-order valence-electron chi connectivity index (χ4n) is 4.54. The van der Waals surface area contributed by atoms with E-state index in [4.69, 9.17) is 11.6 Å². The van der Waals surface area contributed by atoms with E-state index in [9.17, 15) is 19.1 Å². The van der Waals surface area contributed by atoms with E-state index in [0.717, 1.165) is 10.6 Å². The first kappa shape index (κ1) is 22.0. The summed E-state index contributed by atoms with van der Waals surface area (Å²) in [7, 11) is 0. The van der Waals surface area contributed by atoms with Gasteiger partial charge in [0, 0.05) is 24.5 Å². The largest absolute Gasteiger partial charge is 0.378 e. The van der Waals surface area contributed by atoms with E-state index in [0.29, 0.717) is 41.4 Å². The molecule has 1 N–H and O–H groups in total. The number of halogens is 2. The third-order valence-corrected chi connectivity index (χ3v) is 7.47. The molecule has 33 heavy (non-hydrogen) atoms. The van der Waals surface area contributed by atoms with Crippen LogP contribution in [-0.4, -0.2) is 56.9 Å². The first-order valence-corrected chi connectivity index (χ1v) is 11.8. The number of aliphatic hydroxyl groups is 1. The maximum Gasteiger partial charge on any atom is 0.265 e. The lowest BCUT2D eigenvalue weighted by atomic mass is 10.1. The van der Waals surface area contributed by atoms with Crippen molar-refractivity contribution in [2.45, 2.75) is 31.0 Å². The van der Waals surface area contributed by atoms with Gasteiger partial charge in [-0.2, -0.15) is 0 Å². The van der Waals surface area contributed by atoms with E-state index in [1.807, 2.05) is 0 Å². The summed E-state index contributed by atoms with van der Waals surface area (Å²) in [6.07, 6.45) is 1.58. The number of rotatable bonds is 5. The molecule has 2 aromatic carbocycles. The van der Waals surface area contributed by atoms with E-state index >= 15 is 0 Å². The molecule has 0 spiro atoms. The molecular formula is C24H21ClFN3O3S. The Kier molecular flexibility index (Phi) is 5.90. The van der Waals surface area contributed by atoms with Gasteiger partial charge in [0.05, 0.1) is 23.3 Å². The minimum absolute atomic E-state index is 0.0773. The lowest BCUT2D eigenvalue weighted by molar-refractivity contribution is -0.142. The number of piperazine rings is 1. The Hall–Kier alpha value is -2.81. The molecule has 170 valence electrons. The number of carbonyl (C=O) groups is 2. The second-order valence-corrected chi connectivity index (χ2v) is 9.92. The monoisotopic (exact) mass is 485 g/mol. The molecule has 5 rings (SSSR count). The number of aromatic nitrogens is 1. The van der Waals surface area contributed by atoms with E-state index in [-0.39, 0.29) is 29.7 Å². The second-order valence-electron chi connectivity index (χ2n) is 8.37. The third-order valence-electron chi connectivity index (χ3n) is 6.24. The van der Waals surface area contributed by atoms with Gasteiger partial charge in [-0.3, -0.25) is 9.59 Å². The first-order valence-electron chi connectivity index (χ1n) is 10.6. The van der Waals surface area contributed by atoms with Crippen LogP contribution in [-0.2, 0) is 11.2 Å². The predicted molar refractivity (Wildman–Crippen MR) is 123 cm³/mol. The summed E-state index contributed by atoms with van der Waals surface area (Å²) < 4.78 is 13.1. The second kappa shape index (κ2) is 8.85. The average molecular weight is 486 g/mol. The summed E-state index contributed by atoms with van der Waals surface area (Å²) in [6, 6.07) is 12.6. The zero-order valence-corrected chi connectivity index (χ0v) is 19.1. The van der Waals surface area contributed by atoms with Gasteiger partial charge in [0.2, 0.25) is 0 Å². The number of aliphatic hydroxyl groups excluding tert-OH is 1. The Morgan fingerprint density at radius 1 is 1.09 bits per heavy atom. The van der Waals surface area contributed by atoms with Crippen molar-refractivity contribution in [3.8, 4) is 0 Å². The molecule has 0 saturated carbocycles. The highest BCUT2D eigenvalue weighted by Crippen LogP contribution is 2.34. The van der Waals surface area contributed by atoms with Crippen LogP contribution in [0, 0.1) is 5.82 Å². The van der Waals surface area contributed by atoms with Crippen LogP contribution in [0.4, 0.5) is 4.39 Å². The maximum absolute atomic E-state index is 13.1. The van der Waals surface area contributed by atoms with E-state index in [1.165, 1.54) is 23.5 Å². The molecule has 9 heteroatoms. The smallest absolute Gasteiger partial charge is 0.265 e. The van der Waals surface area contributed by atoms with Crippen LogP contribution in [0.1, 0.15) is 38.3 Å². The van der Waals surface area contributed by atoms with Crippen molar-refractivity contribution in [3.05, 3.63) is 86.6 Å². The van der Waals surface area contributed by atoms with E-state index in [2.05, 4.69) is 4.98 Å². The highest BCUT2D eigenvalue weighted by Gasteiger charge is 2.48. The van der Waals surface area contributed by atoms with Crippen LogP contribution in [0.5, 0.6) is 0 Å². The Balaban J connectivity index is 1.21. The molecule has 2 saturated heterocycles. The molecule has 3 heterocycles. The topological polar surface area (TPSA) is 73.7 Å². The summed E-state index contributed by atoms with van der Waals surface area (Å²) in [4.78, 5) is 34.4. The number of thiazole rings is 1. The minimum Gasteiger partial charge on any atom is -0.378 e. The van der Waals surface area contributed by atoms with Crippen LogP contribution in [0.2, 0.25) is 5.02 Å². The summed E-state index contributed by atoms with van der Waals surface area (Å²) in [5.41, 5.74) is 1.43. The molecule has 2 aliphatic rings. The molecule has 6 nitrogen and oxygen atoms in total. The van der Waals surface area contributed by atoms with Gasteiger partial charge >= 0.3 is 0 Å². The molecule has 2 fully saturated rings. The zero-order chi connectivity index (χ0) is 23.1. The maximum atomic E-state index is 13.1. The molecular weight excluding hydrogens is 465 g/mol. The zero-order valence-electron chi connectivity index (χ0n) is 17.5. The van der Waals surface area contributed by atoms with Gasteiger partial charge < -0.3 is 14.9 Å². The van der Waals surface area contributed by atoms with Gasteiger partial charge in [-0.05, 0) is 41.8 Å². The molecule has 3 atom stereocenters. The fourth-order valence-corrected chi connectivity index (χ4v) is 5.57. The minimum atomic E-state index is -1.25. The third kappa shape index (κ3) is 4.38. The molecule has 2 bridgehead atoms. The van der Waals surface area contributed by atoms with Crippen LogP contribution in [0.3, 0.4) is 0 Å². The van der Waals surface area contributed by atoms with Crippen molar-refractivity contribution in [2.75, 3.05) is 13.1 Å². The van der Waals surface area contributed by atoms with Gasteiger partial charge in [-0.1, -0.05) is 35.9 Å². The van der Waals surface area contributed by atoms with Crippen molar-refractivity contribution in [1.82, 2.24) is 14.8 Å². The van der Waals surface area contributed by atoms with Crippen LogP contribution in [0.15, 0.2) is 54.7 Å². The summed E-state index contributed by atoms with van der Waals surface area (Å²) in [5, 5.41) is 11.8. The van der Waals surface area contributed by atoms with E-state index in [1.54, 1.807) is 52.4 Å². The molecule has 2 aliphatic heterocycles. The van der Waals surface area contributed by atoms with Gasteiger partial charge in [0.1, 0.15) is 10.7 Å². The Bertz CT molecular complexity index is 1180. The lowest BCUT2D eigenvalue weighted by Gasteiger charge is -2.35. The highest BCUT2D eigenvalue weighted by molar-refractivity contribution is 7.13. The van der Waals surface area contributed by atoms with E-state index < -0.39 is 6.10 Å². The lowest BCUT2D eigenvalue weighted by Crippen LogP contribution is -2.51. The number of hydrogen-bond acceptors (Lipinski definition) is 5. The number of fused-ring (bicyclic) bond motifs is 2. The summed E-state index contributed by atoms with van der Waals surface area (Å²) in [5.74, 6) is -0.724. The first-order chi connectivity index (χ1) is 15.9. The molecule has 1 aromatic heterocycles. The summed E-state index contributed by atoms with van der Waals surface area (Å²) >= 11 is 7.22. The van der Waals surface area contributed by atoms with Crippen molar-refractivity contribution >= 4 is 34.8 Å². The Morgan fingerprint density at radius 3 is 2.42 bits per heavy atom. The van der Waals surface area contributed by atoms with Gasteiger partial charge in [-0.25, -0.2) is 9.37 Å². The Morgan fingerprint density at radius 2 is 1.76 bits per heavy atom. The van der Waals surface area contributed by atoms with Crippen molar-refractivity contribution in [2.24, 2.45) is 0 Å². The predicted octanol–water partition coefficient (Wildman–Crippen LogP) is 3.69. The van der Waals surface area contributed by atoms with Crippen molar-refractivity contribution < 1.29 is 19.1 Å². The number of amides is 2. The average Bonchev–Trinajstić information content (AvgIpc) is 3.56.